The lowest BCUT2D eigenvalue weighted by molar-refractivity contribution is 1.05. The number of nitriles is 1. The Morgan fingerprint density at radius 1 is 1.67 bits per heavy atom. The molecule has 3 nitrogen and oxygen atoms in total. The minimum atomic E-state index is -0.323. The van der Waals surface area contributed by atoms with E-state index in [9.17, 15) is 0 Å². The summed E-state index contributed by atoms with van der Waals surface area (Å²) in [4.78, 5) is 7.85. The van der Waals surface area contributed by atoms with Crippen LogP contribution in [-0.4, -0.2) is 18.2 Å². The third-order valence-corrected chi connectivity index (χ3v) is 1.44. The van der Waals surface area contributed by atoms with E-state index in [-0.39, 0.29) is 5.92 Å². The van der Waals surface area contributed by atoms with E-state index in [4.69, 9.17) is 5.26 Å². The number of hydrogen-bond donors (Lipinski definition) is 0. The number of aromatic nitrogens is 1. The van der Waals surface area contributed by atoms with Gasteiger partial charge in [0, 0.05) is 19.5 Å². The molecule has 0 aromatic carbocycles. The third kappa shape index (κ3) is 1.89. The standard InChI is InChI=1S/C9H9N3/c1-11-7-8(6-10)9-4-2-3-5-12-9/h2-5,7-8H,1H3. The lowest BCUT2D eigenvalue weighted by Crippen LogP contribution is -1.99. The number of hydrogen-bond acceptors (Lipinski definition) is 3. The van der Waals surface area contributed by atoms with Gasteiger partial charge in [0.25, 0.3) is 0 Å². The molecule has 0 fully saturated rings. The van der Waals surface area contributed by atoms with Crippen LogP contribution in [0.25, 0.3) is 0 Å². The van der Waals surface area contributed by atoms with Gasteiger partial charge < -0.3 is 0 Å². The van der Waals surface area contributed by atoms with Crippen LogP contribution < -0.4 is 0 Å². The second-order valence-electron chi connectivity index (χ2n) is 2.27. The Hall–Kier alpha value is -1.69. The Kier molecular flexibility index (Phi) is 2.97. The van der Waals surface area contributed by atoms with E-state index in [1.165, 1.54) is 0 Å². The first-order valence-electron chi connectivity index (χ1n) is 3.61. The fourth-order valence-corrected chi connectivity index (χ4v) is 0.885. The molecule has 0 aliphatic rings. The fourth-order valence-electron chi connectivity index (χ4n) is 0.885. The monoisotopic (exact) mass is 159 g/mol. The molecule has 1 rings (SSSR count). The number of nitrogens with zero attached hydrogens (tertiary/aromatic N) is 3. The van der Waals surface area contributed by atoms with Crippen molar-refractivity contribution in [1.82, 2.24) is 4.98 Å². The highest BCUT2D eigenvalue weighted by Gasteiger charge is 2.06. The van der Waals surface area contributed by atoms with E-state index in [1.54, 1.807) is 19.5 Å². The van der Waals surface area contributed by atoms with E-state index in [0.717, 1.165) is 5.69 Å². The summed E-state index contributed by atoms with van der Waals surface area (Å²) >= 11 is 0. The smallest absolute Gasteiger partial charge is 0.123 e. The zero-order valence-electron chi connectivity index (χ0n) is 6.81. The molecule has 12 heavy (non-hydrogen) atoms. The van der Waals surface area contributed by atoms with Crippen LogP contribution in [-0.2, 0) is 0 Å². The van der Waals surface area contributed by atoms with Crippen molar-refractivity contribution in [3.63, 3.8) is 0 Å². The molecule has 3 heteroatoms. The van der Waals surface area contributed by atoms with Gasteiger partial charge in [-0.1, -0.05) is 6.07 Å². The lowest BCUT2D eigenvalue weighted by Gasteiger charge is -1.99. The first-order valence-corrected chi connectivity index (χ1v) is 3.61. The minimum absolute atomic E-state index is 0.323. The summed E-state index contributed by atoms with van der Waals surface area (Å²) in [5.41, 5.74) is 0.741. The van der Waals surface area contributed by atoms with Gasteiger partial charge in [0.1, 0.15) is 5.92 Å². The van der Waals surface area contributed by atoms with Gasteiger partial charge in [-0.15, -0.1) is 0 Å². The molecule has 0 N–H and O–H groups in total. The zero-order chi connectivity index (χ0) is 8.81. The van der Waals surface area contributed by atoms with Crippen LogP contribution in [0.2, 0.25) is 0 Å². The van der Waals surface area contributed by atoms with Gasteiger partial charge in [-0.2, -0.15) is 5.26 Å². The first kappa shape index (κ1) is 8.41. The highest BCUT2D eigenvalue weighted by molar-refractivity contribution is 5.70. The maximum absolute atomic E-state index is 8.73. The molecule has 0 aliphatic heterocycles. The van der Waals surface area contributed by atoms with Crippen LogP contribution >= 0.6 is 0 Å². The molecule has 1 unspecified atom stereocenters. The molecule has 0 bridgehead atoms. The van der Waals surface area contributed by atoms with Crippen molar-refractivity contribution in [1.29, 1.82) is 5.26 Å². The summed E-state index contributed by atoms with van der Waals surface area (Å²) in [6.07, 6.45) is 3.26. The van der Waals surface area contributed by atoms with Crippen LogP contribution in [0.1, 0.15) is 11.6 Å². The van der Waals surface area contributed by atoms with Gasteiger partial charge >= 0.3 is 0 Å². The molecular formula is C9H9N3. The van der Waals surface area contributed by atoms with Crippen molar-refractivity contribution < 1.29 is 0 Å². The molecule has 0 spiro atoms. The Balaban J connectivity index is 2.90. The van der Waals surface area contributed by atoms with E-state index < -0.39 is 0 Å². The summed E-state index contributed by atoms with van der Waals surface area (Å²) in [6.45, 7) is 0. The summed E-state index contributed by atoms with van der Waals surface area (Å²) < 4.78 is 0. The first-order chi connectivity index (χ1) is 5.88. The molecule has 60 valence electrons. The van der Waals surface area contributed by atoms with E-state index in [0.29, 0.717) is 0 Å². The molecule has 1 atom stereocenters. The lowest BCUT2D eigenvalue weighted by atomic mass is 10.1. The molecule has 1 aromatic rings. The second kappa shape index (κ2) is 4.24. The maximum Gasteiger partial charge on any atom is 0.123 e. The molecular weight excluding hydrogens is 150 g/mol. The molecule has 0 amide bonds. The SMILES string of the molecule is CN=CC(C#N)c1ccccn1. The zero-order valence-corrected chi connectivity index (χ0v) is 6.81. The Labute approximate surface area is 71.4 Å². The van der Waals surface area contributed by atoms with Crippen LogP contribution in [0.5, 0.6) is 0 Å². The minimum Gasteiger partial charge on any atom is -0.299 e. The van der Waals surface area contributed by atoms with Gasteiger partial charge in [-0.3, -0.25) is 9.98 Å². The van der Waals surface area contributed by atoms with Gasteiger partial charge in [-0.25, -0.2) is 0 Å². The molecule has 1 aromatic heterocycles. The topological polar surface area (TPSA) is 49.0 Å². The number of rotatable bonds is 2. The van der Waals surface area contributed by atoms with Gasteiger partial charge in [-0.05, 0) is 12.1 Å². The summed E-state index contributed by atoms with van der Waals surface area (Å²) in [5, 5.41) is 8.73. The highest BCUT2D eigenvalue weighted by atomic mass is 14.7. The summed E-state index contributed by atoms with van der Waals surface area (Å²) in [5.74, 6) is -0.323. The fraction of sp³-hybridized carbons (Fsp3) is 0.222. The van der Waals surface area contributed by atoms with E-state index >= 15 is 0 Å². The highest BCUT2D eigenvalue weighted by Crippen LogP contribution is 2.07. The average Bonchev–Trinajstić information content (AvgIpc) is 2.15. The van der Waals surface area contributed by atoms with Gasteiger partial charge in [0.15, 0.2) is 0 Å². The van der Waals surface area contributed by atoms with Gasteiger partial charge in [0.2, 0.25) is 0 Å². The van der Waals surface area contributed by atoms with Crippen molar-refractivity contribution in [3.05, 3.63) is 30.1 Å². The van der Waals surface area contributed by atoms with Crippen molar-refractivity contribution in [2.45, 2.75) is 5.92 Å². The molecule has 0 saturated heterocycles. The largest absolute Gasteiger partial charge is 0.299 e. The van der Waals surface area contributed by atoms with Crippen molar-refractivity contribution >= 4 is 6.21 Å². The third-order valence-electron chi connectivity index (χ3n) is 1.44. The summed E-state index contributed by atoms with van der Waals surface area (Å²) in [7, 11) is 1.65. The van der Waals surface area contributed by atoms with Crippen molar-refractivity contribution in [2.24, 2.45) is 4.99 Å². The molecule has 0 saturated carbocycles. The van der Waals surface area contributed by atoms with Crippen LogP contribution in [0.4, 0.5) is 0 Å². The normalized spacial score (nSPS) is 12.7. The Morgan fingerprint density at radius 2 is 2.50 bits per heavy atom. The molecule has 0 radical (unpaired) electrons. The Bertz CT molecular complexity index is 297. The van der Waals surface area contributed by atoms with Crippen LogP contribution in [0.15, 0.2) is 29.4 Å². The number of aliphatic imine (C=N–C) groups is 1. The van der Waals surface area contributed by atoms with Crippen molar-refractivity contribution in [2.75, 3.05) is 7.05 Å². The predicted molar refractivity (Wildman–Crippen MR) is 47.0 cm³/mol. The summed E-state index contributed by atoms with van der Waals surface area (Å²) in [6, 6.07) is 7.60. The maximum atomic E-state index is 8.73. The number of pyridine rings is 1. The quantitative estimate of drug-likeness (QED) is 0.612. The van der Waals surface area contributed by atoms with E-state index in [2.05, 4.69) is 16.0 Å². The van der Waals surface area contributed by atoms with Crippen molar-refractivity contribution in [3.8, 4) is 6.07 Å². The van der Waals surface area contributed by atoms with Gasteiger partial charge in [0.05, 0.1) is 11.8 Å². The molecule has 0 aliphatic carbocycles. The van der Waals surface area contributed by atoms with Crippen LogP contribution in [0.3, 0.4) is 0 Å². The predicted octanol–water partition coefficient (Wildman–Crippen LogP) is 1.39. The average molecular weight is 159 g/mol. The van der Waals surface area contributed by atoms with E-state index in [1.807, 2.05) is 18.2 Å². The Morgan fingerprint density at radius 3 is 3.00 bits per heavy atom. The second-order valence-corrected chi connectivity index (χ2v) is 2.27. The molecule has 1 heterocycles. The van der Waals surface area contributed by atoms with Crippen LogP contribution in [0, 0.1) is 11.3 Å².